The Kier molecular flexibility index (Phi) is 3.95. The van der Waals surface area contributed by atoms with Gasteiger partial charge in [-0.15, -0.1) is 11.8 Å². The van der Waals surface area contributed by atoms with Gasteiger partial charge in [0.05, 0.1) is 12.1 Å². The summed E-state index contributed by atoms with van der Waals surface area (Å²) in [4.78, 5) is 1.20. The number of aliphatic hydroxyl groups is 1. The van der Waals surface area contributed by atoms with Gasteiger partial charge in [0.2, 0.25) is 0 Å². The van der Waals surface area contributed by atoms with Gasteiger partial charge < -0.3 is 10.8 Å². The van der Waals surface area contributed by atoms with Crippen molar-refractivity contribution in [1.82, 2.24) is 0 Å². The van der Waals surface area contributed by atoms with Crippen LogP contribution in [0.1, 0.15) is 12.8 Å². The lowest BCUT2D eigenvalue weighted by molar-refractivity contribution is 0.194. The zero-order valence-electron chi connectivity index (χ0n) is 9.03. The van der Waals surface area contributed by atoms with E-state index in [-0.39, 0.29) is 6.61 Å². The summed E-state index contributed by atoms with van der Waals surface area (Å²) in [6.45, 7) is 0.0845. The normalized spacial score (nSPS) is 19.4. The largest absolute Gasteiger partial charge is 0.394 e. The highest BCUT2D eigenvalue weighted by molar-refractivity contribution is 9.10. The Morgan fingerprint density at radius 1 is 1.38 bits per heavy atom. The van der Waals surface area contributed by atoms with Crippen LogP contribution in [0.4, 0.5) is 0 Å². The lowest BCUT2D eigenvalue weighted by atomic mass is 9.99. The number of hydrogen-bond acceptors (Lipinski definition) is 3. The molecule has 4 heteroatoms. The van der Waals surface area contributed by atoms with Crippen molar-refractivity contribution in [3.8, 4) is 0 Å². The molecule has 0 amide bonds. The molecule has 0 spiro atoms. The van der Waals surface area contributed by atoms with Gasteiger partial charge in [-0.1, -0.05) is 15.9 Å². The number of benzene rings is 1. The third kappa shape index (κ3) is 3.00. The highest BCUT2D eigenvalue weighted by Gasteiger charge is 2.41. The molecule has 1 saturated carbocycles. The number of hydrogen-bond donors (Lipinski definition) is 2. The Morgan fingerprint density at radius 3 is 2.50 bits per heavy atom. The minimum atomic E-state index is -0.391. The zero-order chi connectivity index (χ0) is 11.6. The average Bonchev–Trinajstić information content (AvgIpc) is 3.12. The van der Waals surface area contributed by atoms with Crippen LogP contribution in [-0.4, -0.2) is 23.0 Å². The smallest absolute Gasteiger partial charge is 0.0622 e. The summed E-state index contributed by atoms with van der Waals surface area (Å²) in [5.41, 5.74) is 5.81. The number of rotatable bonds is 5. The van der Waals surface area contributed by atoms with Gasteiger partial charge in [-0.25, -0.2) is 0 Å². The fourth-order valence-electron chi connectivity index (χ4n) is 1.70. The first-order valence-corrected chi connectivity index (χ1v) is 7.20. The zero-order valence-corrected chi connectivity index (χ0v) is 11.4. The summed E-state index contributed by atoms with van der Waals surface area (Å²) in [7, 11) is 0. The highest BCUT2D eigenvalue weighted by Crippen LogP contribution is 2.40. The minimum Gasteiger partial charge on any atom is -0.394 e. The molecule has 16 heavy (non-hydrogen) atoms. The van der Waals surface area contributed by atoms with Crippen molar-refractivity contribution < 1.29 is 5.11 Å². The molecule has 0 aromatic heterocycles. The van der Waals surface area contributed by atoms with Crippen LogP contribution in [0.2, 0.25) is 0 Å². The van der Waals surface area contributed by atoms with Gasteiger partial charge in [0.15, 0.2) is 0 Å². The van der Waals surface area contributed by atoms with Crippen LogP contribution in [0.15, 0.2) is 33.6 Å². The molecule has 0 heterocycles. The third-order valence-corrected chi connectivity index (χ3v) is 4.82. The molecule has 1 aromatic carbocycles. The highest BCUT2D eigenvalue weighted by atomic mass is 79.9. The predicted molar refractivity (Wildman–Crippen MR) is 71.6 cm³/mol. The number of thioether (sulfide) groups is 1. The van der Waals surface area contributed by atoms with Crippen LogP contribution in [0, 0.1) is 5.92 Å². The van der Waals surface area contributed by atoms with E-state index in [0.717, 1.165) is 23.1 Å². The quantitative estimate of drug-likeness (QED) is 0.822. The second kappa shape index (κ2) is 5.08. The number of nitrogens with two attached hydrogens (primary N) is 1. The topological polar surface area (TPSA) is 46.2 Å². The molecular weight excluding hydrogens is 286 g/mol. The van der Waals surface area contributed by atoms with Crippen LogP contribution in [0.3, 0.4) is 0 Å². The molecule has 0 aliphatic heterocycles. The summed E-state index contributed by atoms with van der Waals surface area (Å²) < 4.78 is 1.08. The molecule has 2 nitrogen and oxygen atoms in total. The Balaban J connectivity index is 1.92. The molecular formula is C12H16BrNOS. The SMILES string of the molecule is NC(CO)(CSc1ccc(Br)cc1)C1CC1. The van der Waals surface area contributed by atoms with Crippen LogP contribution in [-0.2, 0) is 0 Å². The summed E-state index contributed by atoms with van der Waals surface area (Å²) >= 11 is 5.13. The molecule has 1 fully saturated rings. The monoisotopic (exact) mass is 301 g/mol. The summed E-state index contributed by atoms with van der Waals surface area (Å²) in [5, 5.41) is 9.37. The van der Waals surface area contributed by atoms with E-state index >= 15 is 0 Å². The standard InChI is InChI=1S/C12H16BrNOS/c13-10-3-5-11(6-4-10)16-8-12(14,7-15)9-1-2-9/h3-6,9,15H,1-2,7-8,14H2. The van der Waals surface area contributed by atoms with Gasteiger partial charge in [0.1, 0.15) is 0 Å². The Labute approximate surface area is 109 Å². The Hall–Kier alpha value is -0.0300. The van der Waals surface area contributed by atoms with E-state index < -0.39 is 5.54 Å². The van der Waals surface area contributed by atoms with E-state index in [4.69, 9.17) is 5.73 Å². The van der Waals surface area contributed by atoms with Crippen molar-refractivity contribution in [2.45, 2.75) is 23.3 Å². The maximum atomic E-state index is 9.37. The first kappa shape index (κ1) is 12.4. The van der Waals surface area contributed by atoms with Gasteiger partial charge in [-0.05, 0) is 43.0 Å². The molecule has 1 aliphatic carbocycles. The van der Waals surface area contributed by atoms with Gasteiger partial charge in [-0.3, -0.25) is 0 Å². The molecule has 0 saturated heterocycles. The fourth-order valence-corrected chi connectivity index (χ4v) is 3.05. The van der Waals surface area contributed by atoms with Gasteiger partial charge in [0, 0.05) is 15.1 Å². The second-order valence-electron chi connectivity index (χ2n) is 4.41. The molecule has 88 valence electrons. The minimum absolute atomic E-state index is 0.0845. The van der Waals surface area contributed by atoms with E-state index in [1.54, 1.807) is 11.8 Å². The lowest BCUT2D eigenvalue weighted by Crippen LogP contribution is -2.48. The Morgan fingerprint density at radius 2 is 2.00 bits per heavy atom. The van der Waals surface area contributed by atoms with Crippen LogP contribution >= 0.6 is 27.7 Å². The maximum absolute atomic E-state index is 9.37. The molecule has 1 atom stereocenters. The van der Waals surface area contributed by atoms with Crippen LogP contribution in [0.5, 0.6) is 0 Å². The molecule has 3 N–H and O–H groups in total. The van der Waals surface area contributed by atoms with E-state index in [1.807, 2.05) is 12.1 Å². The first-order valence-electron chi connectivity index (χ1n) is 5.42. The first-order chi connectivity index (χ1) is 7.64. The summed E-state index contributed by atoms with van der Waals surface area (Å²) in [6.07, 6.45) is 2.33. The number of halogens is 1. The summed E-state index contributed by atoms with van der Waals surface area (Å²) in [5.74, 6) is 1.30. The third-order valence-electron chi connectivity index (χ3n) is 3.01. The van der Waals surface area contributed by atoms with Crippen molar-refractivity contribution in [2.24, 2.45) is 11.7 Å². The molecule has 2 rings (SSSR count). The van der Waals surface area contributed by atoms with Crippen molar-refractivity contribution in [3.05, 3.63) is 28.7 Å². The molecule has 0 radical (unpaired) electrons. The van der Waals surface area contributed by atoms with Gasteiger partial charge in [0.25, 0.3) is 0 Å². The molecule has 1 aromatic rings. The van der Waals surface area contributed by atoms with Crippen molar-refractivity contribution in [3.63, 3.8) is 0 Å². The van der Waals surface area contributed by atoms with Crippen LogP contribution < -0.4 is 5.73 Å². The number of aliphatic hydroxyl groups excluding tert-OH is 1. The second-order valence-corrected chi connectivity index (χ2v) is 6.37. The van der Waals surface area contributed by atoms with E-state index in [1.165, 1.54) is 4.90 Å². The summed E-state index contributed by atoms with van der Waals surface area (Å²) in [6, 6.07) is 8.19. The van der Waals surface area contributed by atoms with Crippen molar-refractivity contribution >= 4 is 27.7 Å². The van der Waals surface area contributed by atoms with E-state index in [0.29, 0.717) is 5.92 Å². The van der Waals surface area contributed by atoms with Gasteiger partial charge >= 0.3 is 0 Å². The van der Waals surface area contributed by atoms with Crippen molar-refractivity contribution in [1.29, 1.82) is 0 Å². The maximum Gasteiger partial charge on any atom is 0.0622 e. The average molecular weight is 302 g/mol. The van der Waals surface area contributed by atoms with E-state index in [9.17, 15) is 5.11 Å². The van der Waals surface area contributed by atoms with Crippen LogP contribution in [0.25, 0.3) is 0 Å². The molecule has 1 unspecified atom stereocenters. The van der Waals surface area contributed by atoms with E-state index in [2.05, 4.69) is 28.1 Å². The fraction of sp³-hybridized carbons (Fsp3) is 0.500. The van der Waals surface area contributed by atoms with Crippen molar-refractivity contribution in [2.75, 3.05) is 12.4 Å². The Bertz CT molecular complexity index is 353. The lowest BCUT2D eigenvalue weighted by Gasteiger charge is -2.26. The predicted octanol–water partition coefficient (Wildman–Crippen LogP) is 2.64. The molecule has 1 aliphatic rings. The molecule has 0 bridgehead atoms. The van der Waals surface area contributed by atoms with Gasteiger partial charge in [-0.2, -0.15) is 0 Å².